The second kappa shape index (κ2) is 16.4. The first-order valence-electron chi connectivity index (χ1n) is 15.8. The number of para-hydroxylation sites is 1. The zero-order valence-corrected chi connectivity index (χ0v) is 26.9. The van der Waals surface area contributed by atoms with E-state index in [0.717, 1.165) is 73.6 Å². The highest BCUT2D eigenvalue weighted by Gasteiger charge is 2.27. The highest BCUT2D eigenvalue weighted by atomic mass is 32.2. The van der Waals surface area contributed by atoms with Crippen LogP contribution in [0.4, 0.5) is 5.69 Å². The molecule has 0 radical (unpaired) electrons. The SMILES string of the molecule is COc1ccccc1COCCCOc1ccc(C2CCNCC2OCc2ccc3c(c2)N(CCNS(N)(=O)=O)CCC3)cc1. The zero-order valence-electron chi connectivity index (χ0n) is 26.1. The number of nitrogens with two attached hydrogens (primary N) is 1. The minimum Gasteiger partial charge on any atom is -0.496 e. The van der Waals surface area contributed by atoms with Gasteiger partial charge >= 0.3 is 0 Å². The Kier molecular flexibility index (Phi) is 12.1. The number of fused-ring (bicyclic) bond motifs is 1. The van der Waals surface area contributed by atoms with Crippen molar-refractivity contribution in [2.24, 2.45) is 5.14 Å². The highest BCUT2D eigenvalue weighted by molar-refractivity contribution is 7.87. The fraction of sp³-hybridized carbons (Fsp3) is 0.471. The Morgan fingerprint density at radius 3 is 2.71 bits per heavy atom. The second-order valence-electron chi connectivity index (χ2n) is 11.6. The Labute approximate surface area is 267 Å². The quantitative estimate of drug-likeness (QED) is 0.202. The lowest BCUT2D eigenvalue weighted by Gasteiger charge is -2.33. The van der Waals surface area contributed by atoms with Crippen molar-refractivity contribution in [2.75, 3.05) is 57.9 Å². The fourth-order valence-corrected chi connectivity index (χ4v) is 6.47. The van der Waals surface area contributed by atoms with Crippen LogP contribution in [0.25, 0.3) is 0 Å². The van der Waals surface area contributed by atoms with E-state index >= 15 is 0 Å². The summed E-state index contributed by atoms with van der Waals surface area (Å²) < 4.78 is 48.7. The van der Waals surface area contributed by atoms with Gasteiger partial charge in [-0.1, -0.05) is 42.5 Å². The summed E-state index contributed by atoms with van der Waals surface area (Å²) in [4.78, 5) is 2.23. The number of hydrogen-bond donors (Lipinski definition) is 3. The highest BCUT2D eigenvalue weighted by Crippen LogP contribution is 2.32. The summed E-state index contributed by atoms with van der Waals surface area (Å²) in [5, 5.41) is 8.60. The number of piperidine rings is 1. The molecule has 2 heterocycles. The van der Waals surface area contributed by atoms with Gasteiger partial charge in [0.05, 0.1) is 39.6 Å². The van der Waals surface area contributed by atoms with E-state index in [2.05, 4.69) is 45.3 Å². The maximum absolute atomic E-state index is 11.3. The molecular formula is C34H46N4O6S. The fourth-order valence-electron chi connectivity index (χ4n) is 6.10. The van der Waals surface area contributed by atoms with Gasteiger partial charge in [-0.15, -0.1) is 0 Å². The van der Waals surface area contributed by atoms with Crippen LogP contribution >= 0.6 is 0 Å². The van der Waals surface area contributed by atoms with Crippen LogP contribution < -0.4 is 29.6 Å². The maximum atomic E-state index is 11.3. The molecule has 3 aromatic carbocycles. The molecular weight excluding hydrogens is 592 g/mol. The van der Waals surface area contributed by atoms with Crippen molar-refractivity contribution < 1.29 is 27.4 Å². The number of hydrogen-bond acceptors (Lipinski definition) is 8. The lowest BCUT2D eigenvalue weighted by molar-refractivity contribution is 0.0106. The molecule has 45 heavy (non-hydrogen) atoms. The second-order valence-corrected chi connectivity index (χ2v) is 13.0. The minimum absolute atomic E-state index is 0.0528. The minimum atomic E-state index is -3.70. The van der Waals surface area contributed by atoms with Gasteiger partial charge in [0.25, 0.3) is 10.2 Å². The van der Waals surface area contributed by atoms with E-state index in [1.165, 1.54) is 11.1 Å². The predicted octanol–water partition coefficient (Wildman–Crippen LogP) is 3.89. The van der Waals surface area contributed by atoms with Crippen LogP contribution in [-0.2, 0) is 39.3 Å². The van der Waals surface area contributed by atoms with Crippen LogP contribution in [0.5, 0.6) is 11.5 Å². The molecule has 10 nitrogen and oxygen atoms in total. The van der Waals surface area contributed by atoms with E-state index in [-0.39, 0.29) is 12.6 Å². The van der Waals surface area contributed by atoms with Crippen LogP contribution in [0.15, 0.2) is 66.7 Å². The molecule has 3 aromatic rings. The Morgan fingerprint density at radius 2 is 1.89 bits per heavy atom. The van der Waals surface area contributed by atoms with Crippen molar-refractivity contribution in [2.45, 2.75) is 50.9 Å². The monoisotopic (exact) mass is 638 g/mol. The van der Waals surface area contributed by atoms with Gasteiger partial charge in [-0.3, -0.25) is 0 Å². The van der Waals surface area contributed by atoms with Gasteiger partial charge < -0.3 is 29.2 Å². The standard InChI is InChI=1S/C34H46N4O6S/c1-41-33-8-3-2-6-29(33)25-42-20-5-21-43-30-13-11-27(12-14-30)31-15-16-36-23-34(31)44-24-26-9-10-28-7-4-18-38(32(28)22-26)19-17-37-45(35,39)40/h2-3,6,8-14,22,31,34,36-37H,4-5,7,15-21,23-25H2,1H3,(H2,35,39,40). The molecule has 2 atom stereocenters. The van der Waals surface area contributed by atoms with Gasteiger partial charge in [0.2, 0.25) is 0 Å². The molecule has 4 N–H and O–H groups in total. The van der Waals surface area contributed by atoms with E-state index in [1.807, 2.05) is 36.4 Å². The molecule has 2 aliphatic rings. The van der Waals surface area contributed by atoms with Crippen molar-refractivity contribution >= 4 is 15.9 Å². The summed E-state index contributed by atoms with van der Waals surface area (Å²) in [5.74, 6) is 1.99. The van der Waals surface area contributed by atoms with E-state index in [0.29, 0.717) is 38.9 Å². The predicted molar refractivity (Wildman–Crippen MR) is 176 cm³/mol. The van der Waals surface area contributed by atoms with Gasteiger partial charge in [0.15, 0.2) is 0 Å². The summed E-state index contributed by atoms with van der Waals surface area (Å²) in [6.07, 6.45) is 3.91. The van der Waals surface area contributed by atoms with Crippen molar-refractivity contribution in [1.82, 2.24) is 10.0 Å². The van der Waals surface area contributed by atoms with Crippen molar-refractivity contribution in [3.8, 4) is 11.5 Å². The van der Waals surface area contributed by atoms with Crippen molar-refractivity contribution in [3.05, 3.63) is 89.0 Å². The smallest absolute Gasteiger partial charge is 0.274 e. The van der Waals surface area contributed by atoms with E-state index in [1.54, 1.807) is 7.11 Å². The number of methoxy groups -OCH3 is 1. The average Bonchev–Trinajstić information content (AvgIpc) is 3.05. The van der Waals surface area contributed by atoms with Crippen LogP contribution in [0, 0.1) is 0 Å². The summed E-state index contributed by atoms with van der Waals surface area (Å²) in [5.41, 5.74) is 5.84. The molecule has 2 aliphatic heterocycles. The summed E-state index contributed by atoms with van der Waals surface area (Å²) in [6, 6.07) is 22.8. The number of anilines is 1. The van der Waals surface area contributed by atoms with Crippen LogP contribution in [0.3, 0.4) is 0 Å². The Bertz CT molecular complexity index is 1470. The molecule has 0 saturated carbocycles. The maximum Gasteiger partial charge on any atom is 0.274 e. The molecule has 0 spiro atoms. The number of nitrogens with zero attached hydrogens (tertiary/aromatic N) is 1. The third-order valence-corrected chi connectivity index (χ3v) is 9.01. The van der Waals surface area contributed by atoms with Crippen molar-refractivity contribution in [1.29, 1.82) is 0 Å². The number of benzene rings is 3. The normalized spacial score (nSPS) is 18.4. The number of ether oxygens (including phenoxy) is 4. The van der Waals surface area contributed by atoms with Gasteiger partial charge in [-0.2, -0.15) is 8.42 Å². The molecule has 0 aromatic heterocycles. The van der Waals surface area contributed by atoms with Crippen LogP contribution in [0.2, 0.25) is 0 Å². The topological polar surface area (TPSA) is 124 Å². The first-order chi connectivity index (χ1) is 21.9. The molecule has 1 saturated heterocycles. The van der Waals surface area contributed by atoms with Gasteiger partial charge in [-0.25, -0.2) is 9.86 Å². The first kappa shape index (κ1) is 33.2. The number of rotatable bonds is 16. The molecule has 11 heteroatoms. The molecule has 0 aliphatic carbocycles. The summed E-state index contributed by atoms with van der Waals surface area (Å²) in [7, 11) is -2.03. The molecule has 1 fully saturated rings. The molecule has 244 valence electrons. The Morgan fingerprint density at radius 1 is 1.04 bits per heavy atom. The van der Waals surface area contributed by atoms with E-state index < -0.39 is 10.2 Å². The van der Waals surface area contributed by atoms with Gasteiger partial charge in [0.1, 0.15) is 11.5 Å². The molecule has 0 bridgehead atoms. The average molecular weight is 639 g/mol. The lowest BCUT2D eigenvalue weighted by atomic mass is 9.87. The lowest BCUT2D eigenvalue weighted by Crippen LogP contribution is -2.41. The van der Waals surface area contributed by atoms with E-state index in [4.69, 9.17) is 24.1 Å². The summed E-state index contributed by atoms with van der Waals surface area (Å²) >= 11 is 0. The Hall–Kier alpha value is -3.19. The third-order valence-electron chi connectivity index (χ3n) is 8.40. The first-order valence-corrected chi connectivity index (χ1v) is 17.3. The molecule has 2 unspecified atom stereocenters. The Balaban J connectivity index is 1.09. The zero-order chi connectivity index (χ0) is 31.5. The largest absolute Gasteiger partial charge is 0.496 e. The third kappa shape index (κ3) is 9.90. The van der Waals surface area contributed by atoms with E-state index in [9.17, 15) is 8.42 Å². The number of nitrogens with one attached hydrogen (secondary N) is 2. The van der Waals surface area contributed by atoms with Gasteiger partial charge in [0, 0.05) is 49.8 Å². The number of aryl methyl sites for hydroxylation is 1. The van der Waals surface area contributed by atoms with Crippen molar-refractivity contribution in [3.63, 3.8) is 0 Å². The molecule has 0 amide bonds. The van der Waals surface area contributed by atoms with Crippen LogP contribution in [-0.4, -0.2) is 67.6 Å². The molecule has 5 rings (SSSR count). The van der Waals surface area contributed by atoms with Crippen LogP contribution in [0.1, 0.15) is 47.4 Å². The van der Waals surface area contributed by atoms with Gasteiger partial charge in [-0.05, 0) is 66.8 Å². The summed E-state index contributed by atoms with van der Waals surface area (Å²) in [6.45, 7) is 5.72.